The molecule has 0 radical (unpaired) electrons. The number of nitrogens with one attached hydrogen (secondary N) is 1. The van der Waals surface area contributed by atoms with Gasteiger partial charge in [-0.2, -0.15) is 5.10 Å². The van der Waals surface area contributed by atoms with Crippen LogP contribution in [0.1, 0.15) is 43.7 Å². The number of carbonyl (C=O) groups excluding carboxylic acids is 1. The number of thioether (sulfide) groups is 1. The van der Waals surface area contributed by atoms with Gasteiger partial charge in [0.1, 0.15) is 5.82 Å². The number of hydrogen-bond donors (Lipinski definition) is 1. The van der Waals surface area contributed by atoms with Crippen LogP contribution < -0.4 is 5.32 Å². The molecule has 1 aromatic carbocycles. The van der Waals surface area contributed by atoms with Crippen LogP contribution in [0.5, 0.6) is 0 Å². The minimum Gasteiger partial charge on any atom is -0.310 e. The van der Waals surface area contributed by atoms with Crippen molar-refractivity contribution < 1.29 is 4.79 Å². The van der Waals surface area contributed by atoms with Crippen molar-refractivity contribution in [2.24, 2.45) is 0 Å². The maximum absolute atomic E-state index is 12.6. The fraction of sp³-hybridized carbons (Fsp3) is 0.444. The highest BCUT2D eigenvalue weighted by Gasteiger charge is 2.29. The van der Waals surface area contributed by atoms with Crippen LogP contribution in [-0.4, -0.2) is 20.9 Å². The summed E-state index contributed by atoms with van der Waals surface area (Å²) in [5.41, 5.74) is 1.28. The van der Waals surface area contributed by atoms with Crippen LogP contribution in [0.3, 0.4) is 0 Å². The Hall–Kier alpha value is -1.75. The summed E-state index contributed by atoms with van der Waals surface area (Å²) in [4.78, 5) is 13.9. The lowest BCUT2D eigenvalue weighted by atomic mass is 9.96. The van der Waals surface area contributed by atoms with Gasteiger partial charge in [0.2, 0.25) is 5.91 Å². The number of amides is 1. The highest BCUT2D eigenvalue weighted by molar-refractivity contribution is 8.01. The van der Waals surface area contributed by atoms with Crippen LogP contribution in [0.4, 0.5) is 5.82 Å². The van der Waals surface area contributed by atoms with Crippen molar-refractivity contribution in [2.45, 2.75) is 54.7 Å². The smallest absolute Gasteiger partial charge is 0.239 e. The van der Waals surface area contributed by atoms with Gasteiger partial charge >= 0.3 is 0 Å². The van der Waals surface area contributed by atoms with Crippen LogP contribution >= 0.6 is 11.8 Å². The lowest BCUT2D eigenvalue weighted by Gasteiger charge is -2.24. The molecule has 0 saturated heterocycles. The molecule has 1 unspecified atom stereocenters. The van der Waals surface area contributed by atoms with Crippen LogP contribution in [0.2, 0.25) is 0 Å². The Balaban J connectivity index is 1.45. The Morgan fingerprint density at radius 2 is 2.00 bits per heavy atom. The van der Waals surface area contributed by atoms with Crippen molar-refractivity contribution in [3.8, 4) is 0 Å². The average Bonchev–Trinajstić information content (AvgIpc) is 3.22. The standard InChI is InChI=1S/C18H21N3OS/c22-18(16-12-13-6-4-5-9-15(13)23-16)20-17-10-11-19-21(17)14-7-2-1-3-8-14/h4-6,9-11,14,16H,1-3,7-8,12H2,(H,20,22). The van der Waals surface area contributed by atoms with E-state index in [9.17, 15) is 4.79 Å². The second-order valence-corrected chi connectivity index (χ2v) is 7.61. The van der Waals surface area contributed by atoms with E-state index < -0.39 is 0 Å². The average molecular weight is 327 g/mol. The number of fused-ring (bicyclic) bond motifs is 1. The zero-order chi connectivity index (χ0) is 15.6. The van der Waals surface area contributed by atoms with Gasteiger partial charge in [0, 0.05) is 11.0 Å². The van der Waals surface area contributed by atoms with E-state index in [0.717, 1.165) is 25.1 Å². The van der Waals surface area contributed by atoms with E-state index in [1.54, 1.807) is 18.0 Å². The first-order valence-electron chi connectivity index (χ1n) is 8.40. The maximum Gasteiger partial charge on any atom is 0.239 e. The SMILES string of the molecule is O=C(Nc1ccnn1C1CCCCC1)C1Cc2ccccc2S1. The van der Waals surface area contributed by atoms with E-state index in [4.69, 9.17) is 0 Å². The molecule has 1 atom stereocenters. The minimum atomic E-state index is -0.0397. The molecular weight excluding hydrogens is 306 g/mol. The third-order valence-electron chi connectivity index (χ3n) is 4.78. The molecule has 2 heterocycles. The van der Waals surface area contributed by atoms with Gasteiger partial charge in [-0.1, -0.05) is 37.5 Å². The molecule has 1 N–H and O–H groups in total. The summed E-state index contributed by atoms with van der Waals surface area (Å²) in [6, 6.07) is 10.6. The summed E-state index contributed by atoms with van der Waals surface area (Å²) >= 11 is 1.67. The molecule has 1 amide bonds. The first-order chi connectivity index (χ1) is 11.3. The topological polar surface area (TPSA) is 46.9 Å². The van der Waals surface area contributed by atoms with Crippen molar-refractivity contribution in [3.63, 3.8) is 0 Å². The highest BCUT2D eigenvalue weighted by atomic mass is 32.2. The van der Waals surface area contributed by atoms with Gasteiger partial charge in [-0.3, -0.25) is 4.79 Å². The molecule has 23 heavy (non-hydrogen) atoms. The van der Waals surface area contributed by atoms with Crippen LogP contribution in [0.25, 0.3) is 0 Å². The van der Waals surface area contributed by atoms with Gasteiger partial charge in [0.25, 0.3) is 0 Å². The number of aromatic nitrogens is 2. The van der Waals surface area contributed by atoms with Gasteiger partial charge in [0.15, 0.2) is 0 Å². The molecule has 2 aromatic rings. The van der Waals surface area contributed by atoms with Crippen LogP contribution in [0.15, 0.2) is 41.4 Å². The number of hydrogen-bond acceptors (Lipinski definition) is 3. The number of anilines is 1. The Kier molecular flexibility index (Phi) is 4.12. The van der Waals surface area contributed by atoms with Gasteiger partial charge in [0.05, 0.1) is 17.5 Å². The molecule has 0 bridgehead atoms. The van der Waals surface area contributed by atoms with Gasteiger partial charge in [-0.05, 0) is 30.9 Å². The fourth-order valence-corrected chi connectivity index (χ4v) is 4.76. The number of benzene rings is 1. The summed E-state index contributed by atoms with van der Waals surface area (Å²) in [7, 11) is 0. The second-order valence-electron chi connectivity index (χ2n) is 6.36. The fourth-order valence-electron chi connectivity index (χ4n) is 3.56. The number of nitrogens with zero attached hydrogens (tertiary/aromatic N) is 2. The number of carbonyl (C=O) groups is 1. The summed E-state index contributed by atoms with van der Waals surface area (Å²) in [6.07, 6.45) is 8.75. The maximum atomic E-state index is 12.6. The van der Waals surface area contributed by atoms with Crippen LogP contribution in [-0.2, 0) is 11.2 Å². The van der Waals surface area contributed by atoms with E-state index in [2.05, 4.69) is 22.5 Å². The van der Waals surface area contributed by atoms with Gasteiger partial charge < -0.3 is 5.32 Å². The molecule has 1 aliphatic carbocycles. The second kappa shape index (κ2) is 6.40. The van der Waals surface area contributed by atoms with E-state index in [1.807, 2.05) is 22.9 Å². The van der Waals surface area contributed by atoms with E-state index in [0.29, 0.717) is 6.04 Å². The largest absolute Gasteiger partial charge is 0.310 e. The van der Waals surface area contributed by atoms with Crippen molar-refractivity contribution >= 4 is 23.5 Å². The Morgan fingerprint density at radius 1 is 1.17 bits per heavy atom. The molecule has 1 aliphatic heterocycles. The first kappa shape index (κ1) is 14.8. The van der Waals surface area contributed by atoms with E-state index in [1.165, 1.54) is 29.7 Å². The summed E-state index contributed by atoms with van der Waals surface area (Å²) in [5, 5.41) is 7.52. The highest BCUT2D eigenvalue weighted by Crippen LogP contribution is 2.37. The van der Waals surface area contributed by atoms with E-state index in [-0.39, 0.29) is 11.2 Å². The molecule has 1 fully saturated rings. The summed E-state index contributed by atoms with van der Waals surface area (Å²) in [6.45, 7) is 0. The number of rotatable bonds is 3. The Labute approximate surface area is 140 Å². The quantitative estimate of drug-likeness (QED) is 0.925. The predicted octanol–water partition coefficient (Wildman–Crippen LogP) is 4.04. The molecule has 0 spiro atoms. The van der Waals surface area contributed by atoms with E-state index >= 15 is 0 Å². The first-order valence-corrected chi connectivity index (χ1v) is 9.28. The third kappa shape index (κ3) is 3.02. The van der Waals surface area contributed by atoms with Crippen molar-refractivity contribution in [2.75, 3.05) is 5.32 Å². The molecule has 4 nitrogen and oxygen atoms in total. The summed E-state index contributed by atoms with van der Waals surface area (Å²) < 4.78 is 2.02. The molecular formula is C18H21N3OS. The van der Waals surface area contributed by atoms with Crippen molar-refractivity contribution in [1.29, 1.82) is 0 Å². The molecule has 1 aromatic heterocycles. The molecule has 5 heteroatoms. The monoisotopic (exact) mass is 327 g/mol. The summed E-state index contributed by atoms with van der Waals surface area (Å²) in [5.74, 6) is 0.933. The lowest BCUT2D eigenvalue weighted by Crippen LogP contribution is -2.27. The zero-order valence-electron chi connectivity index (χ0n) is 13.1. The van der Waals surface area contributed by atoms with Crippen molar-refractivity contribution in [3.05, 3.63) is 42.1 Å². The normalized spacial score (nSPS) is 21.1. The third-order valence-corrected chi connectivity index (χ3v) is 6.10. The predicted molar refractivity (Wildman–Crippen MR) is 92.8 cm³/mol. The Bertz CT molecular complexity index is 681. The van der Waals surface area contributed by atoms with Crippen molar-refractivity contribution in [1.82, 2.24) is 9.78 Å². The van der Waals surface area contributed by atoms with Gasteiger partial charge in [-0.15, -0.1) is 11.8 Å². The molecule has 4 rings (SSSR count). The van der Waals surface area contributed by atoms with Gasteiger partial charge in [-0.25, -0.2) is 4.68 Å². The lowest BCUT2D eigenvalue weighted by molar-refractivity contribution is -0.115. The molecule has 120 valence electrons. The molecule has 2 aliphatic rings. The zero-order valence-corrected chi connectivity index (χ0v) is 13.9. The molecule has 1 saturated carbocycles. The Morgan fingerprint density at radius 3 is 2.83 bits per heavy atom. The van der Waals surface area contributed by atoms with Crippen LogP contribution in [0, 0.1) is 0 Å². The minimum absolute atomic E-state index is 0.0397.